The Morgan fingerprint density at radius 1 is 0.931 bits per heavy atom. The molecule has 1 atom stereocenters. The molecule has 1 heterocycles. The molecule has 0 saturated heterocycles. The van der Waals surface area contributed by atoms with Gasteiger partial charge in [-0.25, -0.2) is 0 Å². The zero-order valence-corrected chi connectivity index (χ0v) is 16.8. The van der Waals surface area contributed by atoms with Gasteiger partial charge in [0.1, 0.15) is 6.04 Å². The van der Waals surface area contributed by atoms with E-state index in [-0.39, 0.29) is 11.7 Å². The molecule has 1 aliphatic heterocycles. The molecule has 1 fully saturated rings. The van der Waals surface area contributed by atoms with Crippen LogP contribution in [0.4, 0.5) is 11.4 Å². The minimum atomic E-state index is -0.506. The normalized spacial score (nSPS) is 17.6. The minimum Gasteiger partial charge on any atom is -0.448 e. The first-order valence-corrected chi connectivity index (χ1v) is 10.1. The maximum absolute atomic E-state index is 12.5. The van der Waals surface area contributed by atoms with Crippen molar-refractivity contribution >= 4 is 23.1 Å². The summed E-state index contributed by atoms with van der Waals surface area (Å²) in [6, 6.07) is 12.1. The molecule has 0 radical (unpaired) electrons. The average Bonchev–Trinajstić information content (AvgIpc) is 3.05. The molecule has 1 unspecified atom stereocenters. The molecule has 6 heteroatoms. The molecule has 1 saturated carbocycles. The number of Topliss-reactive ketones (excluding diaryl/α,β-unsaturated/α-hetero) is 1. The number of carbonyl (C=O) groups is 2. The van der Waals surface area contributed by atoms with Gasteiger partial charge in [0.15, 0.2) is 17.3 Å². The summed E-state index contributed by atoms with van der Waals surface area (Å²) in [4.78, 5) is 23.9. The van der Waals surface area contributed by atoms with E-state index in [2.05, 4.69) is 10.6 Å². The molecule has 29 heavy (non-hydrogen) atoms. The summed E-state index contributed by atoms with van der Waals surface area (Å²) in [5.41, 5.74) is 2.07. The fourth-order valence-electron chi connectivity index (χ4n) is 3.83. The Bertz CT molecular complexity index is 917. The fourth-order valence-corrected chi connectivity index (χ4v) is 3.83. The first kappa shape index (κ1) is 19.3. The smallest absolute Gasteiger partial charge is 0.251 e. The van der Waals surface area contributed by atoms with Gasteiger partial charge < -0.3 is 20.1 Å². The maximum atomic E-state index is 12.5. The quantitative estimate of drug-likeness (QED) is 0.715. The number of hydrogen-bond donors (Lipinski definition) is 2. The lowest BCUT2D eigenvalue weighted by atomic mass is 9.94. The van der Waals surface area contributed by atoms with Crippen LogP contribution in [0.5, 0.6) is 11.5 Å². The number of amides is 1. The summed E-state index contributed by atoms with van der Waals surface area (Å²) in [7, 11) is 0. The lowest BCUT2D eigenvalue weighted by molar-refractivity contribution is -0.116. The van der Waals surface area contributed by atoms with Gasteiger partial charge in [0.2, 0.25) is 5.91 Å². The molecule has 4 rings (SSSR count). The van der Waals surface area contributed by atoms with Crippen LogP contribution in [0.15, 0.2) is 42.5 Å². The summed E-state index contributed by atoms with van der Waals surface area (Å²) in [6.07, 6.45) is 5.27. The summed E-state index contributed by atoms with van der Waals surface area (Å²) in [5, 5.41) is 6.07. The Hall–Kier alpha value is -3.02. The van der Waals surface area contributed by atoms with Gasteiger partial charge >= 0.3 is 0 Å². The van der Waals surface area contributed by atoms with E-state index in [1.54, 1.807) is 31.2 Å². The number of carbonyl (C=O) groups excluding carboxylic acids is 2. The van der Waals surface area contributed by atoms with Gasteiger partial charge in [-0.15, -0.1) is 0 Å². The minimum absolute atomic E-state index is 0.00396. The lowest BCUT2D eigenvalue weighted by Gasteiger charge is -2.31. The van der Waals surface area contributed by atoms with Crippen LogP contribution < -0.4 is 20.1 Å². The first-order valence-electron chi connectivity index (χ1n) is 10.1. The highest BCUT2D eigenvalue weighted by molar-refractivity contribution is 5.98. The number of ether oxygens (including phenoxy) is 2. The third-order valence-electron chi connectivity index (χ3n) is 5.49. The Morgan fingerprint density at radius 2 is 1.59 bits per heavy atom. The maximum Gasteiger partial charge on any atom is 0.251 e. The molecule has 2 aliphatic rings. The predicted octanol–water partition coefficient (Wildman–Crippen LogP) is 4.76. The van der Waals surface area contributed by atoms with Crippen LogP contribution in [0.1, 0.15) is 56.3 Å². The Morgan fingerprint density at radius 3 is 2.28 bits per heavy atom. The van der Waals surface area contributed by atoms with Crippen LogP contribution in [-0.2, 0) is 4.79 Å². The molecular formula is C23H26N2O4. The van der Waals surface area contributed by atoms with Gasteiger partial charge in [0.05, 0.1) is 0 Å². The summed E-state index contributed by atoms with van der Waals surface area (Å²) in [5.74, 6) is 0.816. The van der Waals surface area contributed by atoms with Gasteiger partial charge in [-0.05, 0) is 63.1 Å². The highest BCUT2D eigenvalue weighted by Crippen LogP contribution is 2.46. The molecular weight excluding hydrogens is 368 g/mol. The van der Waals surface area contributed by atoms with Crippen LogP contribution in [0, 0.1) is 0 Å². The van der Waals surface area contributed by atoms with E-state index < -0.39 is 11.8 Å². The summed E-state index contributed by atoms with van der Waals surface area (Å²) >= 11 is 0. The van der Waals surface area contributed by atoms with E-state index in [1.165, 1.54) is 13.3 Å². The monoisotopic (exact) mass is 394 g/mol. The van der Waals surface area contributed by atoms with E-state index in [9.17, 15) is 9.59 Å². The molecule has 2 aromatic carbocycles. The number of hydrogen-bond acceptors (Lipinski definition) is 5. The van der Waals surface area contributed by atoms with Crippen molar-refractivity contribution in [1.82, 2.24) is 0 Å². The Kier molecular flexibility index (Phi) is 5.18. The number of ketones is 1. The topological polar surface area (TPSA) is 76.7 Å². The number of nitrogens with one attached hydrogen (secondary N) is 2. The number of rotatable bonds is 5. The van der Waals surface area contributed by atoms with Crippen LogP contribution in [0.2, 0.25) is 0 Å². The fraction of sp³-hybridized carbons (Fsp3) is 0.391. The molecule has 2 aromatic rings. The summed E-state index contributed by atoms with van der Waals surface area (Å²) in [6.45, 7) is 3.31. The molecule has 152 valence electrons. The predicted molar refractivity (Wildman–Crippen MR) is 112 cm³/mol. The van der Waals surface area contributed by atoms with Gasteiger partial charge in [0.25, 0.3) is 5.79 Å². The molecule has 0 aromatic heterocycles. The molecule has 1 amide bonds. The highest BCUT2D eigenvalue weighted by Gasteiger charge is 2.42. The second-order valence-electron chi connectivity index (χ2n) is 7.83. The van der Waals surface area contributed by atoms with Crippen molar-refractivity contribution in [1.29, 1.82) is 0 Å². The van der Waals surface area contributed by atoms with Crippen LogP contribution in [0.25, 0.3) is 0 Å². The molecule has 1 spiro atoms. The third kappa shape index (κ3) is 4.21. The summed E-state index contributed by atoms with van der Waals surface area (Å²) < 4.78 is 12.2. The highest BCUT2D eigenvalue weighted by atomic mass is 16.7. The van der Waals surface area contributed by atoms with E-state index in [0.29, 0.717) is 11.3 Å². The number of benzene rings is 2. The zero-order chi connectivity index (χ0) is 20.4. The molecule has 0 bridgehead atoms. The van der Waals surface area contributed by atoms with Crippen molar-refractivity contribution in [3.8, 4) is 11.5 Å². The van der Waals surface area contributed by atoms with Crippen LogP contribution in [0.3, 0.4) is 0 Å². The second kappa shape index (κ2) is 7.78. The van der Waals surface area contributed by atoms with Crippen molar-refractivity contribution < 1.29 is 19.1 Å². The Balaban J connectivity index is 1.37. The lowest BCUT2D eigenvalue weighted by Crippen LogP contribution is -2.40. The second-order valence-corrected chi connectivity index (χ2v) is 7.83. The van der Waals surface area contributed by atoms with Gasteiger partial charge in [-0.2, -0.15) is 0 Å². The Labute approximate surface area is 170 Å². The van der Waals surface area contributed by atoms with Crippen LogP contribution >= 0.6 is 0 Å². The van der Waals surface area contributed by atoms with Crippen molar-refractivity contribution in [2.75, 3.05) is 10.6 Å². The van der Waals surface area contributed by atoms with Crippen molar-refractivity contribution in [3.05, 3.63) is 48.0 Å². The zero-order valence-electron chi connectivity index (χ0n) is 16.8. The molecule has 1 aliphatic carbocycles. The average molecular weight is 394 g/mol. The van der Waals surface area contributed by atoms with Gasteiger partial charge in [-0.3, -0.25) is 9.59 Å². The van der Waals surface area contributed by atoms with E-state index in [1.807, 2.05) is 18.2 Å². The van der Waals surface area contributed by atoms with Crippen molar-refractivity contribution in [3.63, 3.8) is 0 Å². The van der Waals surface area contributed by atoms with E-state index >= 15 is 0 Å². The van der Waals surface area contributed by atoms with Gasteiger partial charge in [0, 0.05) is 35.8 Å². The van der Waals surface area contributed by atoms with Gasteiger partial charge in [-0.1, -0.05) is 6.42 Å². The van der Waals surface area contributed by atoms with Crippen LogP contribution in [-0.4, -0.2) is 23.5 Å². The largest absolute Gasteiger partial charge is 0.448 e. The molecule has 2 N–H and O–H groups in total. The number of fused-ring (bicyclic) bond motifs is 1. The van der Waals surface area contributed by atoms with E-state index in [0.717, 1.165) is 42.9 Å². The van der Waals surface area contributed by atoms with Crippen molar-refractivity contribution in [2.24, 2.45) is 0 Å². The SMILES string of the molecule is CC(=O)c1ccc(NC(=O)C(C)Nc2ccc3c(c2)OC2(CCCCC2)O3)cc1. The van der Waals surface area contributed by atoms with E-state index in [4.69, 9.17) is 9.47 Å². The molecule has 6 nitrogen and oxygen atoms in total. The van der Waals surface area contributed by atoms with Crippen molar-refractivity contribution in [2.45, 2.75) is 57.8 Å². The third-order valence-corrected chi connectivity index (χ3v) is 5.49. The standard InChI is InChI=1S/C23H26N2O4/c1-15(22(27)25-18-8-6-17(7-9-18)16(2)26)24-19-10-11-20-21(14-19)29-23(28-20)12-4-3-5-13-23/h6-11,14-15,24H,3-5,12-13H2,1-2H3,(H,25,27). The first-order chi connectivity index (χ1) is 13.9. The number of anilines is 2.